The summed E-state index contributed by atoms with van der Waals surface area (Å²) in [5, 5.41) is 4.50. The van der Waals surface area contributed by atoms with Crippen LogP contribution in [0.2, 0.25) is 0 Å². The summed E-state index contributed by atoms with van der Waals surface area (Å²) < 4.78 is 27.4. The van der Waals surface area contributed by atoms with Crippen LogP contribution in [0.1, 0.15) is 76.1 Å². The molecule has 0 unspecified atom stereocenters. The van der Waals surface area contributed by atoms with Gasteiger partial charge >= 0.3 is 0 Å². The fraction of sp³-hybridized carbons (Fsp3) is 0.652. The Bertz CT molecular complexity index is 944. The number of fused-ring (bicyclic) bond motifs is 2. The second-order valence-corrected chi connectivity index (χ2v) is 11.8. The molecule has 1 heterocycles. The van der Waals surface area contributed by atoms with E-state index in [2.05, 4.69) is 31.3 Å². The van der Waals surface area contributed by atoms with Gasteiger partial charge in [-0.3, -0.25) is 4.79 Å². The van der Waals surface area contributed by atoms with Crippen LogP contribution >= 0.6 is 0 Å². The van der Waals surface area contributed by atoms with Crippen LogP contribution in [0.4, 0.5) is 0 Å². The molecule has 1 amide bonds. The van der Waals surface area contributed by atoms with Crippen LogP contribution in [0, 0.1) is 16.7 Å². The van der Waals surface area contributed by atoms with Gasteiger partial charge in [0.1, 0.15) is 0 Å². The van der Waals surface area contributed by atoms with E-state index in [-0.39, 0.29) is 21.6 Å². The van der Waals surface area contributed by atoms with Crippen LogP contribution in [0.3, 0.4) is 0 Å². The molecule has 0 radical (unpaired) electrons. The number of sulfonamides is 1. The standard InChI is InChI=1S/C23H33N3O3S/c1-22(2)18-12-13-23(22,3)20(16-18)24-25-21(27)17-8-10-19(11-9-17)30(28,29)26-14-6-4-5-7-15-26/h8-11,18H,4-7,12-16H2,1-3H3,(H,25,27)/b24-20+/t18-,23-/m0/s1. The van der Waals surface area contributed by atoms with E-state index in [4.69, 9.17) is 0 Å². The molecule has 2 bridgehead atoms. The van der Waals surface area contributed by atoms with Gasteiger partial charge in [-0.15, -0.1) is 0 Å². The van der Waals surface area contributed by atoms with E-state index in [1.807, 2.05) is 0 Å². The first kappa shape index (κ1) is 21.5. The molecule has 1 aromatic carbocycles. The lowest BCUT2D eigenvalue weighted by Crippen LogP contribution is -2.34. The molecule has 1 N–H and O–H groups in total. The number of rotatable bonds is 4. The van der Waals surface area contributed by atoms with Crippen molar-refractivity contribution < 1.29 is 13.2 Å². The van der Waals surface area contributed by atoms with Gasteiger partial charge in [0.05, 0.1) is 4.90 Å². The summed E-state index contributed by atoms with van der Waals surface area (Å²) in [7, 11) is -3.51. The molecular formula is C23H33N3O3S. The average molecular weight is 432 g/mol. The van der Waals surface area contributed by atoms with Crippen LogP contribution in [0.15, 0.2) is 34.3 Å². The maximum Gasteiger partial charge on any atom is 0.271 e. The highest BCUT2D eigenvalue weighted by Crippen LogP contribution is 2.63. The molecule has 7 heteroatoms. The van der Waals surface area contributed by atoms with Crippen LogP contribution in [0.25, 0.3) is 0 Å². The molecule has 2 saturated carbocycles. The first-order valence-electron chi connectivity index (χ1n) is 11.1. The van der Waals surface area contributed by atoms with Gasteiger partial charge in [0.15, 0.2) is 0 Å². The molecule has 6 nitrogen and oxygen atoms in total. The Morgan fingerprint density at radius 3 is 2.23 bits per heavy atom. The van der Waals surface area contributed by atoms with Gasteiger partial charge in [0.2, 0.25) is 10.0 Å². The summed E-state index contributed by atoms with van der Waals surface area (Å²) >= 11 is 0. The lowest BCUT2D eigenvalue weighted by Gasteiger charge is -2.34. The fourth-order valence-corrected chi connectivity index (χ4v) is 7.01. The molecule has 30 heavy (non-hydrogen) atoms. The second kappa shape index (κ2) is 7.75. The SMILES string of the molecule is CC1(C)[C@H]2CC[C@@]1(C)/C(=N/NC(=O)c1ccc(S(=O)(=O)N3CCCCCC3)cc1)C2. The van der Waals surface area contributed by atoms with Crippen LogP contribution in [-0.2, 0) is 10.0 Å². The topological polar surface area (TPSA) is 78.8 Å². The fourth-order valence-electron chi connectivity index (χ4n) is 5.49. The zero-order valence-electron chi connectivity index (χ0n) is 18.3. The largest absolute Gasteiger partial charge is 0.271 e. The molecule has 4 rings (SSSR count). The van der Waals surface area contributed by atoms with E-state index >= 15 is 0 Å². The van der Waals surface area contributed by atoms with Gasteiger partial charge in [-0.05, 0) is 67.7 Å². The molecule has 3 aliphatic rings. The normalized spacial score (nSPS) is 30.4. The maximum absolute atomic E-state index is 12.9. The van der Waals surface area contributed by atoms with Crippen molar-refractivity contribution in [2.45, 2.75) is 70.6 Å². The summed E-state index contributed by atoms with van der Waals surface area (Å²) in [4.78, 5) is 12.8. The van der Waals surface area contributed by atoms with Crippen LogP contribution in [-0.4, -0.2) is 37.4 Å². The Labute approximate surface area is 180 Å². The number of carbonyl (C=O) groups is 1. The molecule has 1 aromatic rings. The summed E-state index contributed by atoms with van der Waals surface area (Å²) in [6.45, 7) is 8.00. The van der Waals surface area contributed by atoms with Crippen molar-refractivity contribution in [3.05, 3.63) is 29.8 Å². The first-order valence-corrected chi connectivity index (χ1v) is 12.6. The van der Waals surface area contributed by atoms with Crippen LogP contribution < -0.4 is 5.43 Å². The van der Waals surface area contributed by atoms with Crippen molar-refractivity contribution in [2.24, 2.45) is 21.8 Å². The highest BCUT2D eigenvalue weighted by Gasteiger charge is 2.60. The highest BCUT2D eigenvalue weighted by molar-refractivity contribution is 7.89. The summed E-state index contributed by atoms with van der Waals surface area (Å²) in [6, 6.07) is 6.22. The number of benzene rings is 1. The third-order valence-electron chi connectivity index (χ3n) is 8.12. The van der Waals surface area contributed by atoms with Crippen molar-refractivity contribution in [2.75, 3.05) is 13.1 Å². The number of carbonyl (C=O) groups excluding carboxylic acids is 1. The third kappa shape index (κ3) is 3.50. The lowest BCUT2D eigenvalue weighted by atomic mass is 9.70. The number of nitrogens with one attached hydrogen (secondary N) is 1. The highest BCUT2D eigenvalue weighted by atomic mass is 32.2. The number of amides is 1. The predicted octanol–water partition coefficient (Wildman–Crippen LogP) is 4.18. The van der Waals surface area contributed by atoms with Crippen molar-refractivity contribution in [1.82, 2.24) is 9.73 Å². The van der Waals surface area contributed by atoms with E-state index in [1.165, 1.54) is 18.6 Å². The van der Waals surface area contributed by atoms with Crippen molar-refractivity contribution in [1.29, 1.82) is 0 Å². The van der Waals surface area contributed by atoms with E-state index in [0.29, 0.717) is 24.6 Å². The maximum atomic E-state index is 12.9. The van der Waals surface area contributed by atoms with Crippen LogP contribution in [0.5, 0.6) is 0 Å². The minimum absolute atomic E-state index is 0.0377. The van der Waals surface area contributed by atoms with Gasteiger partial charge in [-0.2, -0.15) is 9.41 Å². The second-order valence-electron chi connectivity index (χ2n) is 9.84. The minimum Gasteiger partial charge on any atom is -0.267 e. The van der Waals surface area contributed by atoms with Crippen molar-refractivity contribution >= 4 is 21.6 Å². The molecule has 0 aromatic heterocycles. The molecule has 3 fully saturated rings. The van der Waals surface area contributed by atoms with Gasteiger partial charge in [0, 0.05) is 29.8 Å². The molecular weight excluding hydrogens is 398 g/mol. The van der Waals surface area contributed by atoms with Gasteiger partial charge in [-0.25, -0.2) is 13.8 Å². The monoisotopic (exact) mass is 431 g/mol. The van der Waals surface area contributed by atoms with Gasteiger partial charge < -0.3 is 0 Å². The number of hydrogen-bond donors (Lipinski definition) is 1. The molecule has 1 aliphatic heterocycles. The van der Waals surface area contributed by atoms with Gasteiger partial charge in [0.25, 0.3) is 5.91 Å². The molecule has 1 saturated heterocycles. The Morgan fingerprint density at radius 2 is 1.70 bits per heavy atom. The minimum atomic E-state index is -3.51. The third-order valence-corrected chi connectivity index (χ3v) is 10.0. The number of hydrogen-bond acceptors (Lipinski definition) is 4. The first-order chi connectivity index (χ1) is 14.2. The molecule has 2 atom stereocenters. The number of hydrazone groups is 1. The zero-order chi connectivity index (χ0) is 21.6. The smallest absolute Gasteiger partial charge is 0.267 e. The molecule has 0 spiro atoms. The summed E-state index contributed by atoms with van der Waals surface area (Å²) in [6.07, 6.45) is 7.23. The quantitative estimate of drug-likeness (QED) is 0.726. The van der Waals surface area contributed by atoms with Crippen molar-refractivity contribution in [3.8, 4) is 0 Å². The number of nitrogens with zero attached hydrogens (tertiary/aromatic N) is 2. The Balaban J connectivity index is 1.45. The van der Waals surface area contributed by atoms with Gasteiger partial charge in [-0.1, -0.05) is 33.6 Å². The molecule has 164 valence electrons. The van der Waals surface area contributed by atoms with E-state index in [0.717, 1.165) is 44.2 Å². The van der Waals surface area contributed by atoms with E-state index in [1.54, 1.807) is 16.4 Å². The van der Waals surface area contributed by atoms with Crippen molar-refractivity contribution in [3.63, 3.8) is 0 Å². The molecule has 2 aliphatic carbocycles. The summed E-state index contributed by atoms with van der Waals surface area (Å²) in [5.74, 6) is 0.326. The predicted molar refractivity (Wildman–Crippen MR) is 118 cm³/mol. The average Bonchev–Trinajstić information content (AvgIpc) is 2.97. The Morgan fingerprint density at radius 1 is 1.07 bits per heavy atom. The van der Waals surface area contributed by atoms with E-state index < -0.39 is 10.0 Å². The summed E-state index contributed by atoms with van der Waals surface area (Å²) in [5.41, 5.74) is 4.45. The van der Waals surface area contributed by atoms with E-state index in [9.17, 15) is 13.2 Å². The lowest BCUT2D eigenvalue weighted by molar-refractivity contribution is 0.0953. The Kier molecular flexibility index (Phi) is 5.56. The zero-order valence-corrected chi connectivity index (χ0v) is 19.1. The Hall–Kier alpha value is -1.73.